The van der Waals surface area contributed by atoms with Crippen molar-refractivity contribution in [2.75, 3.05) is 31.5 Å². The maximum atomic E-state index is 13.4. The van der Waals surface area contributed by atoms with Gasteiger partial charge < -0.3 is 24.6 Å². The van der Waals surface area contributed by atoms with Crippen LogP contribution in [0.25, 0.3) is 5.76 Å². The van der Waals surface area contributed by atoms with Gasteiger partial charge in [0.05, 0.1) is 38.5 Å². The molecule has 1 fully saturated rings. The van der Waals surface area contributed by atoms with Gasteiger partial charge in [-0.2, -0.15) is 0 Å². The Kier molecular flexibility index (Phi) is 7.15. The van der Waals surface area contributed by atoms with Crippen molar-refractivity contribution in [3.8, 4) is 17.2 Å². The van der Waals surface area contributed by atoms with E-state index >= 15 is 0 Å². The van der Waals surface area contributed by atoms with E-state index in [1.807, 2.05) is 0 Å². The monoisotopic (exact) mass is 502 g/mol. The Balaban J connectivity index is 1.94. The highest BCUT2D eigenvalue weighted by atomic mass is 16.5. The number of hydrogen-bond donors (Lipinski definition) is 2. The van der Waals surface area contributed by atoms with Crippen LogP contribution in [0.1, 0.15) is 24.1 Å². The molecule has 0 spiro atoms. The quantitative estimate of drug-likeness (QED) is 0.281. The van der Waals surface area contributed by atoms with Crippen LogP contribution < -0.4 is 24.4 Å². The third-order valence-corrected chi connectivity index (χ3v) is 5.98. The summed E-state index contributed by atoms with van der Waals surface area (Å²) in [5.41, 5.74) is 1.57. The molecular weight excluding hydrogens is 476 g/mol. The van der Waals surface area contributed by atoms with Gasteiger partial charge in [0.2, 0.25) is 5.91 Å². The molecule has 1 aliphatic rings. The standard InChI is InChI=1S/C28H26N2O7/c1-16(31)29-18-8-10-19(11-9-18)30-25(17-6-5-7-20(14-17)35-2)24(27(33)28(30)34)26(32)22-15-21(36-3)12-13-23(22)37-4/h5-15,25,32H,1-4H3,(H,29,31)/b26-24+. The number of amides is 2. The molecule has 1 saturated heterocycles. The molecule has 2 N–H and O–H groups in total. The van der Waals surface area contributed by atoms with E-state index in [1.54, 1.807) is 60.7 Å². The maximum Gasteiger partial charge on any atom is 0.300 e. The Labute approximate surface area is 213 Å². The molecule has 1 heterocycles. The Morgan fingerprint density at radius 2 is 1.57 bits per heavy atom. The number of carbonyl (C=O) groups is 3. The van der Waals surface area contributed by atoms with Gasteiger partial charge in [-0.05, 0) is 60.2 Å². The first-order valence-electron chi connectivity index (χ1n) is 11.3. The molecule has 0 saturated carbocycles. The average Bonchev–Trinajstić information content (AvgIpc) is 3.18. The van der Waals surface area contributed by atoms with E-state index in [2.05, 4.69) is 5.32 Å². The Bertz CT molecular complexity index is 1400. The van der Waals surface area contributed by atoms with Crippen molar-refractivity contribution in [1.29, 1.82) is 0 Å². The number of aliphatic hydroxyl groups is 1. The number of rotatable bonds is 7. The number of ketones is 1. The van der Waals surface area contributed by atoms with E-state index in [1.165, 1.54) is 39.2 Å². The fraction of sp³-hybridized carbons (Fsp3) is 0.179. The van der Waals surface area contributed by atoms with Gasteiger partial charge in [-0.15, -0.1) is 0 Å². The molecular formula is C28H26N2O7. The van der Waals surface area contributed by atoms with Gasteiger partial charge in [0.15, 0.2) is 0 Å². The molecule has 3 aromatic carbocycles. The van der Waals surface area contributed by atoms with Crippen LogP contribution in [0, 0.1) is 0 Å². The van der Waals surface area contributed by atoms with E-state index < -0.39 is 23.5 Å². The van der Waals surface area contributed by atoms with Crippen molar-refractivity contribution < 1.29 is 33.7 Å². The largest absolute Gasteiger partial charge is 0.507 e. The lowest BCUT2D eigenvalue weighted by Crippen LogP contribution is -2.29. The Morgan fingerprint density at radius 3 is 2.19 bits per heavy atom. The van der Waals surface area contributed by atoms with Crippen LogP contribution >= 0.6 is 0 Å². The zero-order chi connectivity index (χ0) is 26.7. The molecule has 1 unspecified atom stereocenters. The highest BCUT2D eigenvalue weighted by molar-refractivity contribution is 6.51. The van der Waals surface area contributed by atoms with E-state index in [4.69, 9.17) is 14.2 Å². The van der Waals surface area contributed by atoms with Crippen LogP contribution in [-0.2, 0) is 14.4 Å². The lowest BCUT2D eigenvalue weighted by Gasteiger charge is -2.26. The summed E-state index contributed by atoms with van der Waals surface area (Å²) < 4.78 is 16.1. The molecule has 9 nitrogen and oxygen atoms in total. The van der Waals surface area contributed by atoms with Crippen LogP contribution in [0.4, 0.5) is 11.4 Å². The highest BCUT2D eigenvalue weighted by Gasteiger charge is 2.47. The highest BCUT2D eigenvalue weighted by Crippen LogP contribution is 2.44. The smallest absolute Gasteiger partial charge is 0.300 e. The predicted octanol–water partition coefficient (Wildman–Crippen LogP) is 4.30. The number of benzene rings is 3. The minimum atomic E-state index is -0.974. The number of hydrogen-bond acceptors (Lipinski definition) is 7. The maximum absolute atomic E-state index is 13.4. The van der Waals surface area contributed by atoms with E-state index in [-0.39, 0.29) is 17.0 Å². The molecule has 0 radical (unpaired) electrons. The van der Waals surface area contributed by atoms with Crippen LogP contribution in [0.15, 0.2) is 72.3 Å². The van der Waals surface area contributed by atoms with Crippen LogP contribution in [0.5, 0.6) is 17.2 Å². The molecule has 9 heteroatoms. The molecule has 3 aromatic rings. The lowest BCUT2D eigenvalue weighted by molar-refractivity contribution is -0.132. The van der Waals surface area contributed by atoms with Gasteiger partial charge in [-0.3, -0.25) is 19.3 Å². The number of nitrogens with one attached hydrogen (secondary N) is 1. The van der Waals surface area contributed by atoms with E-state index in [9.17, 15) is 19.5 Å². The Morgan fingerprint density at radius 1 is 0.892 bits per heavy atom. The van der Waals surface area contributed by atoms with Gasteiger partial charge in [-0.1, -0.05) is 12.1 Å². The fourth-order valence-corrected chi connectivity index (χ4v) is 4.28. The van der Waals surface area contributed by atoms with Crippen molar-refractivity contribution in [1.82, 2.24) is 0 Å². The topological polar surface area (TPSA) is 114 Å². The van der Waals surface area contributed by atoms with Gasteiger partial charge in [0, 0.05) is 18.3 Å². The van der Waals surface area contributed by atoms with E-state index in [0.717, 1.165) is 0 Å². The number of carbonyl (C=O) groups excluding carboxylic acids is 3. The zero-order valence-electron chi connectivity index (χ0n) is 20.8. The number of Topliss-reactive ketones (excluding diaryl/α,β-unsaturated/α-hetero) is 1. The third kappa shape index (κ3) is 4.84. The average molecular weight is 503 g/mol. The first-order chi connectivity index (χ1) is 17.8. The number of nitrogens with zero attached hydrogens (tertiary/aromatic N) is 1. The first kappa shape index (κ1) is 25.3. The summed E-state index contributed by atoms with van der Waals surface area (Å²) in [5, 5.41) is 14.1. The van der Waals surface area contributed by atoms with Crippen LogP contribution in [-0.4, -0.2) is 44.0 Å². The van der Waals surface area contributed by atoms with Crippen molar-refractivity contribution in [3.63, 3.8) is 0 Å². The molecule has 4 rings (SSSR count). The van der Waals surface area contributed by atoms with Crippen molar-refractivity contribution >= 4 is 34.7 Å². The van der Waals surface area contributed by atoms with Crippen molar-refractivity contribution in [3.05, 3.63) is 83.4 Å². The SMILES string of the molecule is COc1cccc(C2/C(=C(\O)c3cc(OC)ccc3OC)C(=O)C(=O)N2c2ccc(NC(C)=O)cc2)c1. The van der Waals surface area contributed by atoms with Crippen molar-refractivity contribution in [2.45, 2.75) is 13.0 Å². The van der Waals surface area contributed by atoms with E-state index in [0.29, 0.717) is 34.2 Å². The molecule has 1 atom stereocenters. The summed E-state index contributed by atoms with van der Waals surface area (Å²) in [6.07, 6.45) is 0. The summed E-state index contributed by atoms with van der Waals surface area (Å²) in [6, 6.07) is 17.2. The van der Waals surface area contributed by atoms with Gasteiger partial charge >= 0.3 is 0 Å². The normalized spacial score (nSPS) is 16.4. The minimum absolute atomic E-state index is 0.115. The predicted molar refractivity (Wildman–Crippen MR) is 138 cm³/mol. The third-order valence-electron chi connectivity index (χ3n) is 5.98. The molecule has 0 aliphatic carbocycles. The molecule has 37 heavy (non-hydrogen) atoms. The van der Waals surface area contributed by atoms with Crippen LogP contribution in [0.2, 0.25) is 0 Å². The summed E-state index contributed by atoms with van der Waals surface area (Å²) >= 11 is 0. The molecule has 1 aliphatic heterocycles. The molecule has 2 amide bonds. The molecule has 190 valence electrons. The number of ether oxygens (including phenoxy) is 3. The zero-order valence-corrected chi connectivity index (χ0v) is 20.8. The second-order valence-electron chi connectivity index (χ2n) is 8.24. The minimum Gasteiger partial charge on any atom is -0.507 e. The fourth-order valence-electron chi connectivity index (χ4n) is 4.28. The number of methoxy groups -OCH3 is 3. The second-order valence-corrected chi connectivity index (χ2v) is 8.24. The summed E-state index contributed by atoms with van der Waals surface area (Å²) in [7, 11) is 4.43. The number of aliphatic hydroxyl groups excluding tert-OH is 1. The Hall–Kier alpha value is -4.79. The first-order valence-corrected chi connectivity index (χ1v) is 11.3. The summed E-state index contributed by atoms with van der Waals surface area (Å²) in [6.45, 7) is 1.39. The number of anilines is 2. The van der Waals surface area contributed by atoms with Gasteiger partial charge in [-0.25, -0.2) is 0 Å². The lowest BCUT2D eigenvalue weighted by atomic mass is 9.94. The summed E-state index contributed by atoms with van der Waals surface area (Å²) in [4.78, 5) is 39.6. The van der Waals surface area contributed by atoms with Crippen molar-refractivity contribution in [2.24, 2.45) is 0 Å². The summed E-state index contributed by atoms with van der Waals surface area (Å²) in [5.74, 6) is -1.07. The van der Waals surface area contributed by atoms with Gasteiger partial charge in [0.25, 0.3) is 11.7 Å². The van der Waals surface area contributed by atoms with Gasteiger partial charge in [0.1, 0.15) is 23.0 Å². The van der Waals surface area contributed by atoms with Crippen LogP contribution in [0.3, 0.4) is 0 Å². The molecule has 0 bridgehead atoms. The molecule has 0 aromatic heterocycles. The second kappa shape index (κ2) is 10.4.